The second-order valence-electron chi connectivity index (χ2n) is 2.85. The van der Waals surface area contributed by atoms with Gasteiger partial charge in [-0.25, -0.2) is 4.79 Å². The first-order chi connectivity index (χ1) is 6.52. The molecule has 0 unspecified atom stereocenters. The summed E-state index contributed by atoms with van der Waals surface area (Å²) < 4.78 is 4.33. The van der Waals surface area contributed by atoms with Gasteiger partial charge in [-0.15, -0.1) is 0 Å². The lowest BCUT2D eigenvalue weighted by molar-refractivity contribution is -0.135. The Balaban J connectivity index is 3.01. The van der Waals surface area contributed by atoms with Crippen LogP contribution in [0.1, 0.15) is 22.8 Å². The van der Waals surface area contributed by atoms with Gasteiger partial charge in [-0.05, 0) is 18.6 Å². The quantitative estimate of drug-likeness (QED) is 0.542. The van der Waals surface area contributed by atoms with Crippen molar-refractivity contribution < 1.29 is 19.4 Å². The summed E-state index contributed by atoms with van der Waals surface area (Å²) in [4.78, 5) is 21.7. The second-order valence-corrected chi connectivity index (χ2v) is 2.85. The molecule has 0 fully saturated rings. The molecular weight excluding hydrogens is 184 g/mol. The lowest BCUT2D eigenvalue weighted by Gasteiger charge is -2.04. The van der Waals surface area contributed by atoms with E-state index in [2.05, 4.69) is 4.74 Å². The van der Waals surface area contributed by atoms with E-state index in [-0.39, 0.29) is 11.3 Å². The number of ether oxygens (including phenoxy) is 1. The molecule has 0 spiro atoms. The minimum atomic E-state index is -0.835. The molecule has 0 aliphatic carbocycles. The first-order valence-corrected chi connectivity index (χ1v) is 4.03. The highest BCUT2D eigenvalue weighted by Crippen LogP contribution is 2.21. The molecule has 0 aromatic heterocycles. The Hall–Kier alpha value is -1.84. The number of phenolic OH excluding ortho intramolecular Hbond substituents is 1. The van der Waals surface area contributed by atoms with Crippen molar-refractivity contribution in [1.82, 2.24) is 0 Å². The van der Waals surface area contributed by atoms with Gasteiger partial charge >= 0.3 is 11.9 Å². The Morgan fingerprint density at radius 2 is 2.00 bits per heavy atom. The number of aryl methyl sites for hydroxylation is 1. The van der Waals surface area contributed by atoms with E-state index in [1.165, 1.54) is 6.07 Å². The van der Waals surface area contributed by atoms with Gasteiger partial charge in [0.2, 0.25) is 0 Å². The molecule has 0 atom stereocenters. The number of esters is 2. The van der Waals surface area contributed by atoms with Gasteiger partial charge in [0.25, 0.3) is 0 Å². The molecule has 0 bridgehead atoms. The average Bonchev–Trinajstić information content (AvgIpc) is 2.08. The molecular formula is C10H10O4. The van der Waals surface area contributed by atoms with Crippen LogP contribution in [0.3, 0.4) is 0 Å². The molecule has 0 radical (unpaired) electrons. The van der Waals surface area contributed by atoms with Crippen molar-refractivity contribution in [1.29, 1.82) is 0 Å². The molecule has 0 heterocycles. The molecule has 0 amide bonds. The van der Waals surface area contributed by atoms with Crippen molar-refractivity contribution in [2.24, 2.45) is 0 Å². The number of hydrogen-bond acceptors (Lipinski definition) is 4. The van der Waals surface area contributed by atoms with Gasteiger partial charge in [-0.2, -0.15) is 0 Å². The Labute approximate surface area is 81.1 Å². The number of benzene rings is 1. The topological polar surface area (TPSA) is 63.6 Å². The number of rotatable bonds is 1. The SMILES string of the molecule is CC(=O)OC(=O)c1cccc(C)c1O. The molecule has 1 N–H and O–H groups in total. The summed E-state index contributed by atoms with van der Waals surface area (Å²) in [5, 5.41) is 9.47. The van der Waals surface area contributed by atoms with Gasteiger partial charge in [-0.3, -0.25) is 4.79 Å². The van der Waals surface area contributed by atoms with Crippen LogP contribution in [0.25, 0.3) is 0 Å². The Morgan fingerprint density at radius 1 is 1.36 bits per heavy atom. The van der Waals surface area contributed by atoms with Crippen LogP contribution in [0.2, 0.25) is 0 Å². The highest BCUT2D eigenvalue weighted by atomic mass is 16.6. The van der Waals surface area contributed by atoms with E-state index in [1.807, 2.05) is 0 Å². The highest BCUT2D eigenvalue weighted by Gasteiger charge is 2.15. The summed E-state index contributed by atoms with van der Waals surface area (Å²) in [6.45, 7) is 2.78. The summed E-state index contributed by atoms with van der Waals surface area (Å²) >= 11 is 0. The molecule has 0 saturated heterocycles. The zero-order chi connectivity index (χ0) is 10.7. The van der Waals surface area contributed by atoms with Crippen molar-refractivity contribution in [3.05, 3.63) is 29.3 Å². The minimum Gasteiger partial charge on any atom is -0.507 e. The Morgan fingerprint density at radius 3 is 2.57 bits per heavy atom. The highest BCUT2D eigenvalue weighted by molar-refractivity contribution is 5.98. The number of para-hydroxylation sites is 1. The number of aromatic hydroxyl groups is 1. The maximum absolute atomic E-state index is 11.2. The van der Waals surface area contributed by atoms with Gasteiger partial charge in [0.05, 0.1) is 0 Å². The third-order valence-corrected chi connectivity index (χ3v) is 1.69. The average molecular weight is 194 g/mol. The predicted octanol–water partition coefficient (Wildman–Crippen LogP) is 1.40. The fraction of sp³-hybridized carbons (Fsp3) is 0.200. The fourth-order valence-electron chi connectivity index (χ4n) is 1.01. The van der Waals surface area contributed by atoms with Crippen LogP contribution in [0, 0.1) is 6.92 Å². The summed E-state index contributed by atoms with van der Waals surface area (Å²) in [6.07, 6.45) is 0. The van der Waals surface area contributed by atoms with E-state index >= 15 is 0 Å². The Kier molecular flexibility index (Phi) is 2.86. The minimum absolute atomic E-state index is 0.000185. The molecule has 74 valence electrons. The largest absolute Gasteiger partial charge is 0.507 e. The maximum atomic E-state index is 11.2. The molecule has 1 rings (SSSR count). The number of phenols is 1. The van der Waals surface area contributed by atoms with Crippen LogP contribution in [0.15, 0.2) is 18.2 Å². The lowest BCUT2D eigenvalue weighted by Crippen LogP contribution is -2.09. The smallest absolute Gasteiger partial charge is 0.349 e. The molecule has 0 aliphatic heterocycles. The van der Waals surface area contributed by atoms with Crippen molar-refractivity contribution >= 4 is 11.9 Å². The standard InChI is InChI=1S/C10H10O4/c1-6-4-3-5-8(9(6)12)10(13)14-7(2)11/h3-5,12H,1-2H3. The Bertz CT molecular complexity index is 382. The van der Waals surface area contributed by atoms with Gasteiger partial charge in [0.1, 0.15) is 11.3 Å². The van der Waals surface area contributed by atoms with E-state index in [9.17, 15) is 14.7 Å². The van der Waals surface area contributed by atoms with E-state index in [1.54, 1.807) is 19.1 Å². The summed E-state index contributed by atoms with van der Waals surface area (Å²) in [7, 11) is 0. The molecule has 4 heteroatoms. The van der Waals surface area contributed by atoms with Gasteiger partial charge in [-0.1, -0.05) is 12.1 Å². The second kappa shape index (κ2) is 3.91. The number of hydrogen-bond donors (Lipinski definition) is 1. The summed E-state index contributed by atoms with van der Waals surface area (Å²) in [5.74, 6) is -1.69. The molecule has 0 aliphatic rings. The third kappa shape index (κ3) is 2.10. The fourth-order valence-corrected chi connectivity index (χ4v) is 1.01. The van der Waals surface area contributed by atoms with Crippen molar-refractivity contribution in [2.75, 3.05) is 0 Å². The number of carbonyl (C=O) groups is 2. The van der Waals surface area contributed by atoms with Crippen molar-refractivity contribution in [2.45, 2.75) is 13.8 Å². The third-order valence-electron chi connectivity index (χ3n) is 1.69. The van der Waals surface area contributed by atoms with Crippen LogP contribution in [0.5, 0.6) is 5.75 Å². The first-order valence-electron chi connectivity index (χ1n) is 4.03. The zero-order valence-electron chi connectivity index (χ0n) is 7.90. The van der Waals surface area contributed by atoms with Crippen LogP contribution < -0.4 is 0 Å². The molecule has 14 heavy (non-hydrogen) atoms. The summed E-state index contributed by atoms with van der Waals surface area (Å²) in [6, 6.07) is 4.65. The van der Waals surface area contributed by atoms with Gasteiger partial charge in [0.15, 0.2) is 0 Å². The normalized spacial score (nSPS) is 9.57. The molecule has 1 aromatic carbocycles. The van der Waals surface area contributed by atoms with E-state index in [4.69, 9.17) is 0 Å². The predicted molar refractivity (Wildman–Crippen MR) is 48.9 cm³/mol. The first kappa shape index (κ1) is 10.2. The van der Waals surface area contributed by atoms with Crippen LogP contribution in [0.4, 0.5) is 0 Å². The van der Waals surface area contributed by atoms with Crippen LogP contribution in [-0.4, -0.2) is 17.0 Å². The lowest BCUT2D eigenvalue weighted by atomic mass is 10.1. The van der Waals surface area contributed by atoms with E-state index in [0.29, 0.717) is 5.56 Å². The van der Waals surface area contributed by atoms with Gasteiger partial charge < -0.3 is 9.84 Å². The van der Waals surface area contributed by atoms with Crippen molar-refractivity contribution in [3.63, 3.8) is 0 Å². The van der Waals surface area contributed by atoms with Gasteiger partial charge in [0, 0.05) is 6.92 Å². The molecule has 4 nitrogen and oxygen atoms in total. The van der Waals surface area contributed by atoms with Crippen molar-refractivity contribution in [3.8, 4) is 5.75 Å². The molecule has 0 saturated carbocycles. The van der Waals surface area contributed by atoms with E-state index in [0.717, 1.165) is 6.92 Å². The zero-order valence-corrected chi connectivity index (χ0v) is 7.90. The monoisotopic (exact) mass is 194 g/mol. The van der Waals surface area contributed by atoms with E-state index < -0.39 is 11.9 Å². The summed E-state index contributed by atoms with van der Waals surface area (Å²) in [5.41, 5.74) is 0.559. The molecule has 1 aromatic rings. The van der Waals surface area contributed by atoms with Crippen LogP contribution >= 0.6 is 0 Å². The number of carbonyl (C=O) groups excluding carboxylic acids is 2. The maximum Gasteiger partial charge on any atom is 0.349 e. The van der Waals surface area contributed by atoms with Crippen LogP contribution in [-0.2, 0) is 9.53 Å².